The van der Waals surface area contributed by atoms with Gasteiger partial charge in [-0.3, -0.25) is 13.8 Å². The zero-order chi connectivity index (χ0) is 4.99. The third-order valence-electron chi connectivity index (χ3n) is 0.854. The van der Waals surface area contributed by atoms with Crippen LogP contribution in [0.15, 0.2) is 0 Å². The van der Waals surface area contributed by atoms with Crippen LogP contribution in [-0.4, -0.2) is 20.1 Å². The zero-order valence-corrected chi connectivity index (χ0v) is 7.67. The molecule has 0 aliphatic rings. The van der Waals surface area contributed by atoms with Gasteiger partial charge in [-0.25, -0.2) is 0 Å². The van der Waals surface area contributed by atoms with Gasteiger partial charge in [-0.1, -0.05) is 0 Å². The molecule has 0 aliphatic carbocycles. The molecule has 0 rings (SSSR count). The van der Waals surface area contributed by atoms with Gasteiger partial charge in [0.05, 0.1) is 7.05 Å². The van der Waals surface area contributed by atoms with Crippen molar-refractivity contribution in [3.05, 3.63) is 13.8 Å². The first-order chi connectivity index (χ1) is 2.81. The molecule has 0 heterocycles. The summed E-state index contributed by atoms with van der Waals surface area (Å²) in [7, 11) is 2.07. The molecular formula is C5H12NW+. The van der Waals surface area contributed by atoms with Gasteiger partial charge in [0.25, 0.3) is 0 Å². The molecule has 0 spiro atoms. The molecule has 1 nitrogen and oxygen atoms in total. The molecule has 0 aromatic rings. The summed E-state index contributed by atoms with van der Waals surface area (Å²) in [5, 5.41) is 0. The predicted molar refractivity (Wildman–Crippen MR) is 27.3 cm³/mol. The molecule has 0 aromatic carbocycles. The average molecular weight is 270 g/mol. The molecule has 0 unspecified atom stereocenters. The number of rotatable bonds is 2. The van der Waals surface area contributed by atoms with E-state index in [0.29, 0.717) is 0 Å². The SMILES string of the molecule is [CH2-]C[NH+](C)C[CH2-].[W+2]. The molecule has 0 atom stereocenters. The van der Waals surface area contributed by atoms with E-state index >= 15 is 0 Å². The normalized spacial score (nSPS) is 8.57. The number of quaternary nitrogens is 1. The van der Waals surface area contributed by atoms with Gasteiger partial charge in [-0.15, -0.1) is 0 Å². The Morgan fingerprint density at radius 3 is 1.57 bits per heavy atom. The average Bonchev–Trinajstić information content (AvgIpc) is 1.65. The van der Waals surface area contributed by atoms with E-state index in [2.05, 4.69) is 20.9 Å². The number of hydrogen-bond donors (Lipinski definition) is 1. The molecule has 0 amide bonds. The Morgan fingerprint density at radius 1 is 1.29 bits per heavy atom. The Morgan fingerprint density at radius 2 is 1.57 bits per heavy atom. The third kappa shape index (κ3) is 6.65. The van der Waals surface area contributed by atoms with Crippen LogP contribution in [-0.2, 0) is 21.1 Å². The van der Waals surface area contributed by atoms with Gasteiger partial charge in [0.2, 0.25) is 0 Å². The van der Waals surface area contributed by atoms with E-state index in [1.165, 1.54) is 4.90 Å². The molecule has 0 saturated carbocycles. The van der Waals surface area contributed by atoms with Crippen LogP contribution in [0.4, 0.5) is 0 Å². The minimum Gasteiger partial charge on any atom is -0.387 e. The monoisotopic (exact) mass is 270 g/mol. The van der Waals surface area contributed by atoms with Crippen molar-refractivity contribution in [2.75, 3.05) is 20.1 Å². The Kier molecular flexibility index (Phi) is 10.1. The van der Waals surface area contributed by atoms with Crippen molar-refractivity contribution >= 4 is 0 Å². The fourth-order valence-corrected chi connectivity index (χ4v) is 0.125. The minimum atomic E-state index is 0. The third-order valence-corrected chi connectivity index (χ3v) is 0.854. The van der Waals surface area contributed by atoms with E-state index in [1.54, 1.807) is 0 Å². The first-order valence-electron chi connectivity index (χ1n) is 2.21. The van der Waals surface area contributed by atoms with Gasteiger partial charge in [0.15, 0.2) is 0 Å². The summed E-state index contributed by atoms with van der Waals surface area (Å²) in [6.07, 6.45) is 0. The maximum atomic E-state index is 3.68. The molecule has 0 bridgehead atoms. The molecule has 2 heteroatoms. The van der Waals surface area contributed by atoms with E-state index < -0.39 is 0 Å². The van der Waals surface area contributed by atoms with Gasteiger partial charge in [0.1, 0.15) is 0 Å². The summed E-state index contributed by atoms with van der Waals surface area (Å²) in [6.45, 7) is 9.23. The zero-order valence-electron chi connectivity index (χ0n) is 4.74. The molecule has 1 N–H and O–H groups in total. The van der Waals surface area contributed by atoms with Gasteiger partial charge < -0.3 is 4.90 Å². The summed E-state index contributed by atoms with van der Waals surface area (Å²) in [5.74, 6) is 0. The maximum absolute atomic E-state index is 3.68. The molecule has 0 saturated heterocycles. The fourth-order valence-electron chi connectivity index (χ4n) is 0.125. The van der Waals surface area contributed by atoms with E-state index in [4.69, 9.17) is 0 Å². The van der Waals surface area contributed by atoms with Crippen LogP contribution in [0, 0.1) is 13.8 Å². The topological polar surface area (TPSA) is 4.44 Å². The van der Waals surface area contributed by atoms with Crippen molar-refractivity contribution in [3.8, 4) is 0 Å². The molecule has 0 aliphatic heterocycles. The van der Waals surface area contributed by atoms with Crippen molar-refractivity contribution < 1.29 is 26.0 Å². The molecule has 7 heavy (non-hydrogen) atoms. The first-order valence-corrected chi connectivity index (χ1v) is 2.21. The van der Waals surface area contributed by atoms with Crippen LogP contribution < -0.4 is 4.90 Å². The molecule has 0 radical (unpaired) electrons. The second kappa shape index (κ2) is 6.65. The van der Waals surface area contributed by atoms with Crippen molar-refractivity contribution in [1.29, 1.82) is 0 Å². The van der Waals surface area contributed by atoms with Crippen LogP contribution in [0.3, 0.4) is 0 Å². The van der Waals surface area contributed by atoms with Gasteiger partial charge in [-0.2, -0.15) is 0 Å². The van der Waals surface area contributed by atoms with Crippen molar-refractivity contribution in [3.63, 3.8) is 0 Å². The van der Waals surface area contributed by atoms with E-state index in [1.807, 2.05) is 0 Å². The van der Waals surface area contributed by atoms with E-state index in [9.17, 15) is 0 Å². The van der Waals surface area contributed by atoms with E-state index in [-0.39, 0.29) is 21.1 Å². The van der Waals surface area contributed by atoms with Crippen molar-refractivity contribution in [2.45, 2.75) is 0 Å². The minimum absolute atomic E-state index is 0. The largest absolute Gasteiger partial charge is 2.00 e. The Bertz CT molecular complexity index is 27.3. The summed E-state index contributed by atoms with van der Waals surface area (Å²) >= 11 is 0. The second-order valence-electron chi connectivity index (χ2n) is 1.46. The van der Waals surface area contributed by atoms with Crippen LogP contribution in [0.25, 0.3) is 0 Å². The maximum Gasteiger partial charge on any atom is 2.00 e. The Hall–Kier alpha value is 0.648. The Balaban J connectivity index is 0. The van der Waals surface area contributed by atoms with Gasteiger partial charge >= 0.3 is 21.1 Å². The molecule has 0 fully saturated rings. The van der Waals surface area contributed by atoms with Gasteiger partial charge in [-0.05, 0) is 13.1 Å². The molecule has 0 aromatic heterocycles. The number of nitrogens with one attached hydrogen (secondary N) is 1. The second-order valence-corrected chi connectivity index (χ2v) is 1.46. The standard InChI is InChI=1S/C5H11N.W/c1-4-6(3)5-2;/h1-2,4-5H2,3H3;/q-2;+2/p+1. The summed E-state index contributed by atoms with van der Waals surface area (Å²) in [6, 6.07) is 0. The van der Waals surface area contributed by atoms with Crippen LogP contribution in [0.2, 0.25) is 0 Å². The van der Waals surface area contributed by atoms with E-state index in [0.717, 1.165) is 13.1 Å². The van der Waals surface area contributed by atoms with Crippen LogP contribution in [0.1, 0.15) is 0 Å². The summed E-state index contributed by atoms with van der Waals surface area (Å²) in [5.41, 5.74) is 0. The Labute approximate surface area is 60.3 Å². The predicted octanol–water partition coefficient (Wildman–Crippen LogP) is -0.833. The van der Waals surface area contributed by atoms with Crippen LogP contribution >= 0.6 is 0 Å². The smallest absolute Gasteiger partial charge is 0.387 e. The molecule has 42 valence electrons. The fraction of sp³-hybridized carbons (Fsp3) is 0.600. The van der Waals surface area contributed by atoms with Crippen molar-refractivity contribution in [2.24, 2.45) is 0 Å². The summed E-state index contributed by atoms with van der Waals surface area (Å²) in [4.78, 5) is 1.37. The first kappa shape index (κ1) is 10.6. The van der Waals surface area contributed by atoms with Crippen LogP contribution in [0.5, 0.6) is 0 Å². The molecular weight excluding hydrogens is 258 g/mol. The number of hydrogen-bond acceptors (Lipinski definition) is 0. The van der Waals surface area contributed by atoms with Crippen molar-refractivity contribution in [1.82, 2.24) is 0 Å². The quantitative estimate of drug-likeness (QED) is 0.624. The summed E-state index contributed by atoms with van der Waals surface area (Å²) < 4.78 is 0. The van der Waals surface area contributed by atoms with Gasteiger partial charge in [0, 0.05) is 0 Å².